The van der Waals surface area contributed by atoms with Gasteiger partial charge < -0.3 is 19.1 Å². The Bertz CT molecular complexity index is 984. The van der Waals surface area contributed by atoms with E-state index in [4.69, 9.17) is 14.2 Å². The van der Waals surface area contributed by atoms with Crippen LogP contribution in [0.25, 0.3) is 0 Å². The van der Waals surface area contributed by atoms with Gasteiger partial charge >= 0.3 is 5.97 Å². The molecule has 1 heterocycles. The highest BCUT2D eigenvalue weighted by Gasteiger charge is 2.37. The molecule has 1 atom stereocenters. The van der Waals surface area contributed by atoms with Crippen LogP contribution < -0.4 is 14.4 Å². The van der Waals surface area contributed by atoms with Gasteiger partial charge in [0.05, 0.1) is 25.8 Å². The number of esters is 1. The Morgan fingerprint density at radius 3 is 2.50 bits per heavy atom. The maximum absolute atomic E-state index is 12.5. The third kappa shape index (κ3) is 4.45. The number of benzene rings is 2. The Balaban J connectivity index is 1.65. The largest absolute Gasteiger partial charge is 0.497 e. The summed E-state index contributed by atoms with van der Waals surface area (Å²) in [6.07, 6.45) is 0.0196. The van der Waals surface area contributed by atoms with Crippen LogP contribution in [0.5, 0.6) is 11.5 Å². The van der Waals surface area contributed by atoms with Gasteiger partial charge in [0.2, 0.25) is 11.7 Å². The molecule has 0 spiro atoms. The number of ether oxygens (including phenoxy) is 3. The standard InChI is InChI=1S/C23H25NO6/c1-14-5-7-18(15(2)9-14)20(25)13-30-23(27)16-10-22(26)24(12-16)19-8-6-17(28-3)11-21(19)29-4/h5-9,11,16H,10,12-13H2,1-4H3/t16-/m0/s1. The molecule has 0 bridgehead atoms. The molecule has 1 fully saturated rings. The second-order valence-corrected chi connectivity index (χ2v) is 7.29. The number of aryl methyl sites for hydroxylation is 2. The predicted molar refractivity (Wildman–Crippen MR) is 111 cm³/mol. The average Bonchev–Trinajstić information content (AvgIpc) is 3.12. The minimum atomic E-state index is -0.642. The van der Waals surface area contributed by atoms with Crippen molar-refractivity contribution in [3.05, 3.63) is 53.1 Å². The second kappa shape index (κ2) is 8.98. The SMILES string of the molecule is COc1ccc(N2C[C@@H](C(=O)OCC(=O)c3ccc(C)cc3C)CC2=O)c(OC)c1. The van der Waals surface area contributed by atoms with Gasteiger partial charge in [0, 0.05) is 24.6 Å². The van der Waals surface area contributed by atoms with Crippen molar-refractivity contribution in [2.24, 2.45) is 5.92 Å². The number of carbonyl (C=O) groups excluding carboxylic acids is 3. The number of anilines is 1. The third-order valence-corrected chi connectivity index (χ3v) is 5.16. The lowest BCUT2D eigenvalue weighted by atomic mass is 10.0. The van der Waals surface area contributed by atoms with E-state index in [2.05, 4.69) is 0 Å². The van der Waals surface area contributed by atoms with E-state index in [0.29, 0.717) is 22.7 Å². The maximum Gasteiger partial charge on any atom is 0.311 e. The maximum atomic E-state index is 12.5. The molecular formula is C23H25NO6. The van der Waals surface area contributed by atoms with E-state index in [1.807, 2.05) is 26.0 Å². The first-order valence-electron chi connectivity index (χ1n) is 9.63. The zero-order valence-electron chi connectivity index (χ0n) is 17.6. The highest BCUT2D eigenvalue weighted by molar-refractivity contribution is 6.02. The number of amides is 1. The van der Waals surface area contributed by atoms with Gasteiger partial charge in [-0.25, -0.2) is 0 Å². The second-order valence-electron chi connectivity index (χ2n) is 7.29. The summed E-state index contributed by atoms with van der Waals surface area (Å²) < 4.78 is 15.8. The molecular weight excluding hydrogens is 386 g/mol. The molecule has 0 saturated carbocycles. The average molecular weight is 411 g/mol. The zero-order chi connectivity index (χ0) is 21.8. The molecule has 158 valence electrons. The van der Waals surface area contributed by atoms with Gasteiger partial charge in [-0.1, -0.05) is 23.8 Å². The van der Waals surface area contributed by atoms with Crippen LogP contribution in [0.2, 0.25) is 0 Å². The van der Waals surface area contributed by atoms with Crippen molar-refractivity contribution >= 4 is 23.3 Å². The number of ketones is 1. The van der Waals surface area contributed by atoms with Gasteiger partial charge in [0.25, 0.3) is 0 Å². The van der Waals surface area contributed by atoms with Crippen LogP contribution in [0, 0.1) is 19.8 Å². The molecule has 0 unspecified atom stereocenters. The minimum absolute atomic E-state index is 0.0196. The number of hydrogen-bond acceptors (Lipinski definition) is 6. The number of hydrogen-bond donors (Lipinski definition) is 0. The summed E-state index contributed by atoms with van der Waals surface area (Å²) in [6.45, 7) is 3.61. The van der Waals surface area contributed by atoms with E-state index < -0.39 is 11.9 Å². The van der Waals surface area contributed by atoms with Crippen LogP contribution in [0.4, 0.5) is 5.69 Å². The minimum Gasteiger partial charge on any atom is -0.497 e. The molecule has 1 aliphatic heterocycles. The molecule has 3 rings (SSSR count). The quantitative estimate of drug-likeness (QED) is 0.514. The fourth-order valence-corrected chi connectivity index (χ4v) is 3.56. The summed E-state index contributed by atoms with van der Waals surface area (Å²) in [5, 5.41) is 0. The molecule has 7 nitrogen and oxygen atoms in total. The van der Waals surface area contributed by atoms with Gasteiger partial charge in [0.15, 0.2) is 6.61 Å². The summed E-state index contributed by atoms with van der Waals surface area (Å²) in [4.78, 5) is 38.9. The van der Waals surface area contributed by atoms with Gasteiger partial charge in [-0.3, -0.25) is 14.4 Å². The van der Waals surface area contributed by atoms with Crippen LogP contribution in [0.3, 0.4) is 0 Å². The van der Waals surface area contributed by atoms with Gasteiger partial charge in [0.1, 0.15) is 11.5 Å². The molecule has 2 aromatic carbocycles. The molecule has 7 heteroatoms. The van der Waals surface area contributed by atoms with Crippen molar-refractivity contribution in [1.82, 2.24) is 0 Å². The number of methoxy groups -OCH3 is 2. The molecule has 0 aromatic heterocycles. The van der Waals surface area contributed by atoms with E-state index in [9.17, 15) is 14.4 Å². The molecule has 30 heavy (non-hydrogen) atoms. The van der Waals surface area contributed by atoms with Crippen molar-refractivity contribution in [2.45, 2.75) is 20.3 Å². The Morgan fingerprint density at radius 2 is 1.83 bits per heavy atom. The monoisotopic (exact) mass is 411 g/mol. The molecule has 1 aliphatic rings. The molecule has 0 N–H and O–H groups in total. The molecule has 1 amide bonds. The lowest BCUT2D eigenvalue weighted by Crippen LogP contribution is -2.27. The highest BCUT2D eigenvalue weighted by atomic mass is 16.5. The lowest BCUT2D eigenvalue weighted by Gasteiger charge is -2.20. The van der Waals surface area contributed by atoms with E-state index in [0.717, 1.165) is 11.1 Å². The Kier molecular flexibility index (Phi) is 6.40. The zero-order valence-corrected chi connectivity index (χ0v) is 17.6. The molecule has 2 aromatic rings. The van der Waals surface area contributed by atoms with Crippen molar-refractivity contribution in [1.29, 1.82) is 0 Å². The van der Waals surface area contributed by atoms with E-state index in [1.165, 1.54) is 12.0 Å². The van der Waals surface area contributed by atoms with Gasteiger partial charge in [-0.15, -0.1) is 0 Å². The van der Waals surface area contributed by atoms with Crippen LogP contribution in [-0.2, 0) is 14.3 Å². The van der Waals surface area contributed by atoms with E-state index >= 15 is 0 Å². The first-order chi connectivity index (χ1) is 14.3. The summed E-state index contributed by atoms with van der Waals surface area (Å²) in [5.41, 5.74) is 2.98. The fraction of sp³-hybridized carbons (Fsp3) is 0.348. The van der Waals surface area contributed by atoms with Crippen LogP contribution in [-0.4, -0.2) is 45.0 Å². The highest BCUT2D eigenvalue weighted by Crippen LogP contribution is 2.36. The first kappa shape index (κ1) is 21.4. The number of carbonyl (C=O) groups is 3. The third-order valence-electron chi connectivity index (χ3n) is 5.16. The van der Waals surface area contributed by atoms with Crippen molar-refractivity contribution < 1.29 is 28.6 Å². The van der Waals surface area contributed by atoms with Crippen molar-refractivity contribution in [3.63, 3.8) is 0 Å². The Labute approximate surface area is 175 Å². The Hall–Kier alpha value is -3.35. The summed E-state index contributed by atoms with van der Waals surface area (Å²) in [5.74, 6) is -0.600. The van der Waals surface area contributed by atoms with E-state index in [1.54, 1.807) is 31.4 Å². The predicted octanol–water partition coefficient (Wildman–Crippen LogP) is 3.10. The van der Waals surface area contributed by atoms with Crippen LogP contribution in [0.15, 0.2) is 36.4 Å². The lowest BCUT2D eigenvalue weighted by molar-refractivity contribution is -0.147. The number of Topliss-reactive ketones (excluding diaryl/α,β-unsaturated/α-hetero) is 1. The van der Waals surface area contributed by atoms with Gasteiger partial charge in [-0.05, 0) is 31.5 Å². The van der Waals surface area contributed by atoms with Crippen LogP contribution in [0.1, 0.15) is 27.9 Å². The first-order valence-corrected chi connectivity index (χ1v) is 9.63. The topological polar surface area (TPSA) is 82.1 Å². The fourth-order valence-electron chi connectivity index (χ4n) is 3.56. The van der Waals surface area contributed by atoms with Gasteiger partial charge in [-0.2, -0.15) is 0 Å². The summed E-state index contributed by atoms with van der Waals surface area (Å²) in [6, 6.07) is 10.6. The Morgan fingerprint density at radius 1 is 1.07 bits per heavy atom. The molecule has 1 saturated heterocycles. The van der Waals surface area contributed by atoms with E-state index in [-0.39, 0.29) is 31.3 Å². The molecule has 0 aliphatic carbocycles. The summed E-state index contributed by atoms with van der Waals surface area (Å²) >= 11 is 0. The van der Waals surface area contributed by atoms with Crippen molar-refractivity contribution in [3.8, 4) is 11.5 Å². The number of rotatable bonds is 7. The smallest absolute Gasteiger partial charge is 0.311 e. The normalized spacial score (nSPS) is 15.8. The molecule has 0 radical (unpaired) electrons. The summed E-state index contributed by atoms with van der Waals surface area (Å²) in [7, 11) is 3.05. The number of nitrogens with zero attached hydrogens (tertiary/aromatic N) is 1. The van der Waals surface area contributed by atoms with Crippen LogP contribution >= 0.6 is 0 Å². The van der Waals surface area contributed by atoms with Crippen molar-refractivity contribution in [2.75, 3.05) is 32.3 Å².